The third-order valence-corrected chi connectivity index (χ3v) is 5.48. The van der Waals surface area contributed by atoms with Crippen LogP contribution in [0.25, 0.3) is 10.9 Å². The van der Waals surface area contributed by atoms with Crippen molar-refractivity contribution in [3.63, 3.8) is 0 Å². The van der Waals surface area contributed by atoms with Crippen molar-refractivity contribution >= 4 is 16.8 Å². The summed E-state index contributed by atoms with van der Waals surface area (Å²) in [5.41, 5.74) is 8.07. The molecular weight excluding hydrogens is 324 g/mol. The Morgan fingerprint density at radius 3 is 2.58 bits per heavy atom. The van der Waals surface area contributed by atoms with Gasteiger partial charge in [0.15, 0.2) is 0 Å². The van der Waals surface area contributed by atoms with Crippen LogP contribution in [-0.2, 0) is 17.9 Å². The Bertz CT molecular complexity index is 964. The molecule has 5 heteroatoms. The highest BCUT2D eigenvalue weighted by molar-refractivity contribution is 5.85. The standard InChI is InChI=1S/C21H28N4O/c1-12(11-25-17(6)13(2)16(5)24-25)21(26)22-10-18-7-8-20-19(9-18)14(3)15(4)23-20/h7-9,12,23H,10-11H2,1-6H3,(H,22,26)/t12-/m0/s1. The Hall–Kier alpha value is -2.56. The molecule has 1 atom stereocenters. The van der Waals surface area contributed by atoms with Crippen LogP contribution in [0.1, 0.15) is 40.7 Å². The SMILES string of the molecule is Cc1nn(C[C@H](C)C(=O)NCc2ccc3[nH]c(C)c(C)c3c2)c(C)c1C. The maximum Gasteiger partial charge on any atom is 0.224 e. The summed E-state index contributed by atoms with van der Waals surface area (Å²) in [6.07, 6.45) is 0. The van der Waals surface area contributed by atoms with Gasteiger partial charge < -0.3 is 10.3 Å². The smallest absolute Gasteiger partial charge is 0.224 e. The lowest BCUT2D eigenvalue weighted by atomic mass is 10.1. The first-order valence-electron chi connectivity index (χ1n) is 9.14. The van der Waals surface area contributed by atoms with Gasteiger partial charge in [-0.1, -0.05) is 13.0 Å². The minimum Gasteiger partial charge on any atom is -0.358 e. The molecule has 0 aliphatic heterocycles. The molecule has 1 amide bonds. The van der Waals surface area contributed by atoms with E-state index in [1.54, 1.807) is 0 Å². The summed E-state index contributed by atoms with van der Waals surface area (Å²) in [6, 6.07) is 6.30. The van der Waals surface area contributed by atoms with Crippen molar-refractivity contribution < 1.29 is 4.79 Å². The molecule has 2 heterocycles. The topological polar surface area (TPSA) is 62.7 Å². The molecule has 2 N–H and O–H groups in total. The van der Waals surface area contributed by atoms with Crippen LogP contribution >= 0.6 is 0 Å². The Kier molecular flexibility index (Phi) is 4.90. The summed E-state index contributed by atoms with van der Waals surface area (Å²) >= 11 is 0. The molecule has 138 valence electrons. The van der Waals surface area contributed by atoms with E-state index in [2.05, 4.69) is 61.3 Å². The lowest BCUT2D eigenvalue weighted by Gasteiger charge is -2.14. The number of rotatable bonds is 5. The van der Waals surface area contributed by atoms with Gasteiger partial charge in [-0.3, -0.25) is 9.48 Å². The van der Waals surface area contributed by atoms with Gasteiger partial charge >= 0.3 is 0 Å². The number of nitrogens with one attached hydrogen (secondary N) is 2. The second kappa shape index (κ2) is 6.98. The third kappa shape index (κ3) is 3.39. The van der Waals surface area contributed by atoms with Gasteiger partial charge in [-0.05, 0) is 63.4 Å². The fourth-order valence-corrected chi connectivity index (χ4v) is 3.29. The number of fused-ring (bicyclic) bond motifs is 1. The number of H-pyrrole nitrogens is 1. The Balaban J connectivity index is 1.64. The molecule has 2 aromatic heterocycles. The third-order valence-electron chi connectivity index (χ3n) is 5.48. The Labute approximate surface area is 154 Å². The van der Waals surface area contributed by atoms with E-state index in [0.29, 0.717) is 13.1 Å². The van der Waals surface area contributed by atoms with E-state index in [4.69, 9.17) is 0 Å². The van der Waals surface area contributed by atoms with E-state index in [9.17, 15) is 4.79 Å². The summed E-state index contributed by atoms with van der Waals surface area (Å²) < 4.78 is 1.94. The van der Waals surface area contributed by atoms with Crippen molar-refractivity contribution in [2.45, 2.75) is 54.6 Å². The van der Waals surface area contributed by atoms with Gasteiger partial charge in [-0.25, -0.2) is 0 Å². The Morgan fingerprint density at radius 1 is 1.19 bits per heavy atom. The number of benzene rings is 1. The first kappa shape index (κ1) is 18.2. The normalized spacial score (nSPS) is 12.5. The average molecular weight is 352 g/mol. The van der Waals surface area contributed by atoms with Gasteiger partial charge in [0, 0.05) is 28.8 Å². The zero-order valence-electron chi connectivity index (χ0n) is 16.5. The number of carbonyl (C=O) groups excluding carboxylic acids is 1. The van der Waals surface area contributed by atoms with Crippen molar-refractivity contribution in [2.24, 2.45) is 5.92 Å². The highest BCUT2D eigenvalue weighted by Crippen LogP contribution is 2.22. The molecule has 26 heavy (non-hydrogen) atoms. The van der Waals surface area contributed by atoms with Crippen molar-refractivity contribution in [1.82, 2.24) is 20.1 Å². The molecule has 0 spiro atoms. The molecule has 1 aromatic carbocycles. The summed E-state index contributed by atoms with van der Waals surface area (Å²) in [5, 5.41) is 8.81. The fourth-order valence-electron chi connectivity index (χ4n) is 3.29. The predicted octanol–water partition coefficient (Wildman–Crippen LogP) is 3.86. The highest BCUT2D eigenvalue weighted by atomic mass is 16.1. The van der Waals surface area contributed by atoms with Gasteiger partial charge in [0.05, 0.1) is 18.2 Å². The van der Waals surface area contributed by atoms with Crippen molar-refractivity contribution in [3.8, 4) is 0 Å². The van der Waals surface area contributed by atoms with E-state index in [1.165, 1.54) is 22.2 Å². The number of hydrogen-bond acceptors (Lipinski definition) is 2. The minimum atomic E-state index is -0.132. The maximum absolute atomic E-state index is 12.5. The van der Waals surface area contributed by atoms with Crippen molar-refractivity contribution in [3.05, 3.63) is 52.0 Å². The molecule has 0 aliphatic rings. The van der Waals surface area contributed by atoms with Gasteiger partial charge in [-0.15, -0.1) is 0 Å². The fraction of sp³-hybridized carbons (Fsp3) is 0.429. The van der Waals surface area contributed by atoms with Gasteiger partial charge in [0.2, 0.25) is 5.91 Å². The van der Waals surface area contributed by atoms with E-state index < -0.39 is 0 Å². The molecule has 0 bridgehead atoms. The van der Waals surface area contributed by atoms with Crippen LogP contribution < -0.4 is 5.32 Å². The van der Waals surface area contributed by atoms with E-state index in [1.807, 2.05) is 18.5 Å². The second-order valence-electron chi connectivity index (χ2n) is 7.35. The summed E-state index contributed by atoms with van der Waals surface area (Å²) in [7, 11) is 0. The lowest BCUT2D eigenvalue weighted by Crippen LogP contribution is -2.31. The molecule has 3 aromatic rings. The number of aryl methyl sites for hydroxylation is 3. The van der Waals surface area contributed by atoms with Crippen LogP contribution in [0.2, 0.25) is 0 Å². The molecule has 0 radical (unpaired) electrons. The van der Waals surface area contributed by atoms with Crippen molar-refractivity contribution in [2.75, 3.05) is 0 Å². The zero-order chi connectivity index (χ0) is 19.0. The molecule has 0 unspecified atom stereocenters. The number of nitrogens with zero attached hydrogens (tertiary/aromatic N) is 2. The monoisotopic (exact) mass is 352 g/mol. The van der Waals surface area contributed by atoms with Crippen molar-refractivity contribution in [1.29, 1.82) is 0 Å². The molecular formula is C21H28N4O. The predicted molar refractivity (Wildman–Crippen MR) is 105 cm³/mol. The zero-order valence-corrected chi connectivity index (χ0v) is 16.5. The number of aromatic amines is 1. The van der Waals surface area contributed by atoms with Crippen LogP contribution in [0, 0.1) is 40.5 Å². The summed E-state index contributed by atoms with van der Waals surface area (Å²) in [4.78, 5) is 15.9. The molecule has 0 fully saturated rings. The molecule has 0 saturated carbocycles. The van der Waals surface area contributed by atoms with Crippen LogP contribution in [0.3, 0.4) is 0 Å². The minimum absolute atomic E-state index is 0.0530. The van der Waals surface area contributed by atoms with Crippen LogP contribution in [0.4, 0.5) is 0 Å². The van der Waals surface area contributed by atoms with E-state index in [-0.39, 0.29) is 11.8 Å². The molecule has 5 nitrogen and oxygen atoms in total. The quantitative estimate of drug-likeness (QED) is 0.732. The second-order valence-corrected chi connectivity index (χ2v) is 7.35. The van der Waals surface area contributed by atoms with Crippen LogP contribution in [-0.4, -0.2) is 20.7 Å². The first-order valence-corrected chi connectivity index (χ1v) is 9.14. The lowest BCUT2D eigenvalue weighted by molar-refractivity contribution is -0.125. The first-order chi connectivity index (χ1) is 12.3. The molecule has 0 saturated heterocycles. The largest absolute Gasteiger partial charge is 0.358 e. The Morgan fingerprint density at radius 2 is 1.92 bits per heavy atom. The summed E-state index contributed by atoms with van der Waals surface area (Å²) in [5.74, 6) is -0.0790. The van der Waals surface area contributed by atoms with E-state index >= 15 is 0 Å². The molecule has 3 rings (SSSR count). The molecule has 0 aliphatic carbocycles. The number of aromatic nitrogens is 3. The number of hydrogen-bond donors (Lipinski definition) is 2. The van der Waals surface area contributed by atoms with Crippen LogP contribution in [0.5, 0.6) is 0 Å². The van der Waals surface area contributed by atoms with Gasteiger partial charge in [0.25, 0.3) is 0 Å². The highest BCUT2D eigenvalue weighted by Gasteiger charge is 2.16. The maximum atomic E-state index is 12.5. The van der Waals surface area contributed by atoms with E-state index in [0.717, 1.165) is 22.5 Å². The van der Waals surface area contributed by atoms with Gasteiger partial charge in [0.1, 0.15) is 0 Å². The summed E-state index contributed by atoms with van der Waals surface area (Å²) in [6.45, 7) is 13.4. The van der Waals surface area contributed by atoms with Gasteiger partial charge in [-0.2, -0.15) is 5.10 Å². The average Bonchev–Trinajstić information content (AvgIpc) is 3.03. The van der Waals surface area contributed by atoms with Crippen LogP contribution in [0.15, 0.2) is 18.2 Å². The number of amides is 1. The number of carbonyl (C=O) groups is 1.